The van der Waals surface area contributed by atoms with E-state index in [9.17, 15) is 4.39 Å². The van der Waals surface area contributed by atoms with E-state index in [0.717, 1.165) is 11.4 Å². The van der Waals surface area contributed by atoms with Gasteiger partial charge in [-0.2, -0.15) is 0 Å². The number of hydrogen-bond donors (Lipinski definition) is 2. The molecule has 3 N–H and O–H groups in total. The monoisotopic (exact) mass is 245 g/mol. The predicted octanol–water partition coefficient (Wildman–Crippen LogP) is 3.22. The molecule has 0 radical (unpaired) electrons. The number of rotatable bonds is 3. The fraction of sp³-hybridized carbons (Fsp3) is 0.143. The number of anilines is 4. The topological polar surface area (TPSA) is 41.3 Å². The molecule has 0 saturated carbocycles. The van der Waals surface area contributed by atoms with Crippen LogP contribution in [0.2, 0.25) is 0 Å². The molecule has 3 nitrogen and oxygen atoms in total. The van der Waals surface area contributed by atoms with Gasteiger partial charge < -0.3 is 16.0 Å². The third kappa shape index (κ3) is 2.53. The van der Waals surface area contributed by atoms with Gasteiger partial charge in [-0.25, -0.2) is 4.39 Å². The number of nitrogens with zero attached hydrogens (tertiary/aromatic N) is 1. The van der Waals surface area contributed by atoms with Crippen molar-refractivity contribution in [2.24, 2.45) is 0 Å². The van der Waals surface area contributed by atoms with Crippen molar-refractivity contribution < 1.29 is 4.39 Å². The van der Waals surface area contributed by atoms with E-state index < -0.39 is 0 Å². The van der Waals surface area contributed by atoms with Crippen LogP contribution in [0, 0.1) is 5.82 Å². The molecule has 94 valence electrons. The van der Waals surface area contributed by atoms with E-state index in [-0.39, 0.29) is 5.82 Å². The maximum Gasteiger partial charge on any atom is 0.125 e. The first-order valence-electron chi connectivity index (χ1n) is 5.66. The predicted molar refractivity (Wildman–Crippen MR) is 74.9 cm³/mol. The van der Waals surface area contributed by atoms with Gasteiger partial charge in [0.25, 0.3) is 0 Å². The average molecular weight is 245 g/mol. The lowest BCUT2D eigenvalue weighted by Gasteiger charge is -2.19. The van der Waals surface area contributed by atoms with Crippen molar-refractivity contribution in [1.29, 1.82) is 0 Å². The van der Waals surface area contributed by atoms with Crippen LogP contribution in [-0.4, -0.2) is 14.1 Å². The molecule has 0 aliphatic carbocycles. The van der Waals surface area contributed by atoms with Crippen molar-refractivity contribution >= 4 is 22.7 Å². The largest absolute Gasteiger partial charge is 0.397 e. The Morgan fingerprint density at radius 3 is 2.50 bits per heavy atom. The smallest absolute Gasteiger partial charge is 0.125 e. The average Bonchev–Trinajstić information content (AvgIpc) is 2.34. The van der Waals surface area contributed by atoms with Gasteiger partial charge in [-0.1, -0.05) is 12.1 Å². The molecule has 4 heteroatoms. The fourth-order valence-electron chi connectivity index (χ4n) is 1.75. The van der Waals surface area contributed by atoms with Gasteiger partial charge in [0.2, 0.25) is 0 Å². The maximum absolute atomic E-state index is 13.2. The molecule has 0 atom stereocenters. The molecule has 0 bridgehead atoms. The molecule has 0 aromatic heterocycles. The number of nitrogens with two attached hydrogens (primary N) is 1. The van der Waals surface area contributed by atoms with Crippen LogP contribution in [0.25, 0.3) is 0 Å². The van der Waals surface area contributed by atoms with Crippen LogP contribution in [0.3, 0.4) is 0 Å². The zero-order valence-corrected chi connectivity index (χ0v) is 10.4. The Balaban J connectivity index is 2.37. The van der Waals surface area contributed by atoms with Crippen molar-refractivity contribution in [2.45, 2.75) is 0 Å². The Bertz CT molecular complexity index is 552. The maximum atomic E-state index is 13.2. The van der Waals surface area contributed by atoms with Gasteiger partial charge in [-0.3, -0.25) is 0 Å². The molecule has 0 aliphatic rings. The molecule has 2 aromatic rings. The van der Waals surface area contributed by atoms with Gasteiger partial charge in [0.05, 0.1) is 22.7 Å². The molecule has 0 aliphatic heterocycles. The molecule has 2 aromatic carbocycles. The van der Waals surface area contributed by atoms with Crippen LogP contribution in [0.4, 0.5) is 27.1 Å². The number of hydrogen-bond acceptors (Lipinski definition) is 3. The molecule has 2 rings (SSSR count). The Morgan fingerprint density at radius 2 is 1.78 bits per heavy atom. The summed E-state index contributed by atoms with van der Waals surface area (Å²) in [6.07, 6.45) is 0. The minimum atomic E-state index is -0.311. The minimum absolute atomic E-state index is 0.311. The highest BCUT2D eigenvalue weighted by atomic mass is 19.1. The van der Waals surface area contributed by atoms with E-state index in [1.54, 1.807) is 6.07 Å². The van der Waals surface area contributed by atoms with E-state index in [1.807, 2.05) is 43.3 Å². The lowest BCUT2D eigenvalue weighted by atomic mass is 10.2. The molecule has 0 saturated heterocycles. The van der Waals surface area contributed by atoms with E-state index in [1.165, 1.54) is 12.1 Å². The molecule has 0 unspecified atom stereocenters. The number of nitrogens with one attached hydrogen (secondary N) is 1. The molecule has 18 heavy (non-hydrogen) atoms. The first-order chi connectivity index (χ1) is 8.58. The van der Waals surface area contributed by atoms with Crippen LogP contribution < -0.4 is 16.0 Å². The van der Waals surface area contributed by atoms with Gasteiger partial charge >= 0.3 is 0 Å². The molecular formula is C14H16FN3. The third-order valence-corrected chi connectivity index (χ3v) is 2.67. The summed E-state index contributed by atoms with van der Waals surface area (Å²) in [5.74, 6) is -0.311. The Kier molecular flexibility index (Phi) is 3.37. The summed E-state index contributed by atoms with van der Waals surface area (Å²) >= 11 is 0. The highest BCUT2D eigenvalue weighted by Crippen LogP contribution is 2.30. The van der Waals surface area contributed by atoms with E-state index in [0.29, 0.717) is 11.4 Å². The Labute approximate surface area is 106 Å². The van der Waals surface area contributed by atoms with Crippen molar-refractivity contribution in [3.8, 4) is 0 Å². The standard InChI is InChI=1S/C14H16FN3/c1-18(2)14-6-4-3-5-12(14)17-13-9-10(15)7-8-11(13)16/h3-9,17H,16H2,1-2H3. The fourth-order valence-corrected chi connectivity index (χ4v) is 1.75. The van der Waals surface area contributed by atoms with Gasteiger partial charge in [-0.15, -0.1) is 0 Å². The van der Waals surface area contributed by atoms with Gasteiger partial charge in [0.1, 0.15) is 5.82 Å². The van der Waals surface area contributed by atoms with Crippen LogP contribution in [-0.2, 0) is 0 Å². The van der Waals surface area contributed by atoms with Crippen LogP contribution in [0.15, 0.2) is 42.5 Å². The zero-order valence-electron chi connectivity index (χ0n) is 10.4. The third-order valence-electron chi connectivity index (χ3n) is 2.67. The summed E-state index contributed by atoms with van der Waals surface area (Å²) in [5.41, 5.74) is 8.82. The van der Waals surface area contributed by atoms with Crippen molar-refractivity contribution in [1.82, 2.24) is 0 Å². The Morgan fingerprint density at radius 1 is 1.06 bits per heavy atom. The van der Waals surface area contributed by atoms with Crippen LogP contribution in [0.5, 0.6) is 0 Å². The Hall–Kier alpha value is -2.23. The van der Waals surface area contributed by atoms with Crippen molar-refractivity contribution in [3.05, 3.63) is 48.3 Å². The second kappa shape index (κ2) is 4.96. The SMILES string of the molecule is CN(C)c1ccccc1Nc1cc(F)ccc1N. The van der Waals surface area contributed by atoms with Crippen molar-refractivity contribution in [3.63, 3.8) is 0 Å². The highest BCUT2D eigenvalue weighted by Gasteiger charge is 2.06. The van der Waals surface area contributed by atoms with E-state index >= 15 is 0 Å². The first kappa shape index (κ1) is 12.2. The summed E-state index contributed by atoms with van der Waals surface area (Å²) in [6.45, 7) is 0. The zero-order chi connectivity index (χ0) is 13.1. The summed E-state index contributed by atoms with van der Waals surface area (Å²) in [7, 11) is 3.91. The minimum Gasteiger partial charge on any atom is -0.397 e. The lowest BCUT2D eigenvalue weighted by Crippen LogP contribution is -2.11. The number of para-hydroxylation sites is 2. The number of halogens is 1. The summed E-state index contributed by atoms with van der Waals surface area (Å²) < 4.78 is 13.2. The van der Waals surface area contributed by atoms with Gasteiger partial charge in [0.15, 0.2) is 0 Å². The first-order valence-corrected chi connectivity index (χ1v) is 5.66. The van der Waals surface area contributed by atoms with Crippen molar-refractivity contribution in [2.75, 3.05) is 30.0 Å². The molecule has 0 spiro atoms. The van der Waals surface area contributed by atoms with Crippen LogP contribution in [0.1, 0.15) is 0 Å². The summed E-state index contributed by atoms with van der Waals surface area (Å²) in [5, 5.41) is 3.16. The van der Waals surface area contributed by atoms with Crippen LogP contribution >= 0.6 is 0 Å². The molecule has 0 fully saturated rings. The summed E-state index contributed by atoms with van der Waals surface area (Å²) in [6, 6.07) is 12.1. The molecule has 0 heterocycles. The van der Waals surface area contributed by atoms with E-state index in [2.05, 4.69) is 5.32 Å². The van der Waals surface area contributed by atoms with Gasteiger partial charge in [-0.05, 0) is 30.3 Å². The normalized spacial score (nSPS) is 10.2. The molecular weight excluding hydrogens is 229 g/mol. The highest BCUT2D eigenvalue weighted by molar-refractivity contribution is 5.79. The van der Waals surface area contributed by atoms with E-state index in [4.69, 9.17) is 5.73 Å². The second-order valence-electron chi connectivity index (χ2n) is 4.27. The number of nitrogen functional groups attached to an aromatic ring is 1. The quantitative estimate of drug-likeness (QED) is 0.816. The number of benzene rings is 2. The lowest BCUT2D eigenvalue weighted by molar-refractivity contribution is 0.628. The molecule has 0 amide bonds. The second-order valence-corrected chi connectivity index (χ2v) is 4.27. The van der Waals surface area contributed by atoms with Gasteiger partial charge in [0, 0.05) is 14.1 Å². The summed E-state index contributed by atoms with van der Waals surface area (Å²) in [4.78, 5) is 1.98.